The van der Waals surface area contributed by atoms with Crippen LogP contribution in [0.1, 0.15) is 28.9 Å². The molecule has 2 heterocycles. The van der Waals surface area contributed by atoms with Crippen LogP contribution < -0.4 is 5.73 Å². The number of furan rings is 1. The Morgan fingerprint density at radius 2 is 2.22 bits per heavy atom. The van der Waals surface area contributed by atoms with Gasteiger partial charge in [0, 0.05) is 23.5 Å². The monoisotopic (exact) mass is 264 g/mol. The molecular weight excluding hydrogens is 244 g/mol. The second-order valence-corrected chi connectivity index (χ2v) is 5.41. The van der Waals surface area contributed by atoms with Crippen LogP contribution in [-0.4, -0.2) is 11.4 Å². The highest BCUT2D eigenvalue weighted by Gasteiger charge is 2.10. The van der Waals surface area contributed by atoms with E-state index in [1.807, 2.05) is 6.92 Å². The lowest BCUT2D eigenvalue weighted by atomic mass is 10.2. The second-order valence-electron chi connectivity index (χ2n) is 4.38. The maximum absolute atomic E-state index is 5.74. The Hall–Kier alpha value is -1.10. The lowest BCUT2D eigenvalue weighted by Crippen LogP contribution is -2.21. The van der Waals surface area contributed by atoms with Crippen LogP contribution in [0.15, 0.2) is 28.0 Å². The molecule has 3 nitrogen and oxygen atoms in total. The molecule has 0 saturated carbocycles. The Balaban J connectivity index is 2.01. The summed E-state index contributed by atoms with van der Waals surface area (Å²) in [5.74, 6) is 1.95. The van der Waals surface area contributed by atoms with Crippen molar-refractivity contribution < 1.29 is 4.42 Å². The van der Waals surface area contributed by atoms with Crippen molar-refractivity contribution in [2.24, 2.45) is 5.73 Å². The van der Waals surface area contributed by atoms with Crippen LogP contribution in [0.25, 0.3) is 0 Å². The van der Waals surface area contributed by atoms with Gasteiger partial charge in [0.2, 0.25) is 0 Å². The van der Waals surface area contributed by atoms with Crippen LogP contribution in [0, 0.1) is 6.92 Å². The van der Waals surface area contributed by atoms with E-state index in [0.29, 0.717) is 6.54 Å². The number of hydrogen-bond acceptors (Lipinski definition) is 4. The predicted octanol–water partition coefficient (Wildman–Crippen LogP) is 3.13. The normalized spacial score (nSPS) is 11.3. The Morgan fingerprint density at radius 1 is 1.39 bits per heavy atom. The topological polar surface area (TPSA) is 42.4 Å². The van der Waals surface area contributed by atoms with Crippen LogP contribution in [0.2, 0.25) is 0 Å². The van der Waals surface area contributed by atoms with E-state index in [9.17, 15) is 0 Å². The lowest BCUT2D eigenvalue weighted by Gasteiger charge is -2.17. The minimum atomic E-state index is 0.548. The van der Waals surface area contributed by atoms with Crippen molar-refractivity contribution in [1.82, 2.24) is 4.90 Å². The minimum absolute atomic E-state index is 0.548. The summed E-state index contributed by atoms with van der Waals surface area (Å²) in [4.78, 5) is 3.75. The van der Waals surface area contributed by atoms with Gasteiger partial charge >= 0.3 is 0 Å². The van der Waals surface area contributed by atoms with Gasteiger partial charge in [-0.3, -0.25) is 4.90 Å². The summed E-state index contributed by atoms with van der Waals surface area (Å²) in [5.41, 5.74) is 6.77. The van der Waals surface area contributed by atoms with Crippen LogP contribution in [0.3, 0.4) is 0 Å². The first-order chi connectivity index (χ1) is 8.72. The molecule has 0 bridgehead atoms. The average Bonchev–Trinajstić information content (AvgIpc) is 2.98. The molecule has 0 amide bonds. The molecule has 0 fully saturated rings. The summed E-state index contributed by atoms with van der Waals surface area (Å²) >= 11 is 1.80. The maximum atomic E-state index is 5.74. The molecule has 0 radical (unpaired) electrons. The molecule has 0 aliphatic heterocycles. The van der Waals surface area contributed by atoms with Gasteiger partial charge in [0.1, 0.15) is 11.5 Å². The van der Waals surface area contributed by atoms with E-state index in [1.165, 1.54) is 4.88 Å². The molecule has 0 atom stereocenters. The van der Waals surface area contributed by atoms with Gasteiger partial charge in [0.05, 0.1) is 6.54 Å². The van der Waals surface area contributed by atoms with Crippen LogP contribution in [-0.2, 0) is 19.6 Å². The first-order valence-electron chi connectivity index (χ1n) is 6.26. The smallest absolute Gasteiger partial charge is 0.118 e. The number of thiophene rings is 1. The standard InChI is InChI=1S/C14H20N2OS/c1-3-16(10-14-5-4-6-18-14)9-13-7-12(8-15)11(2)17-13/h4-7H,3,8-10,15H2,1-2H3. The summed E-state index contributed by atoms with van der Waals surface area (Å²) in [6.07, 6.45) is 0. The first-order valence-corrected chi connectivity index (χ1v) is 7.14. The molecule has 2 rings (SSSR count). The maximum Gasteiger partial charge on any atom is 0.118 e. The van der Waals surface area contributed by atoms with Crippen molar-refractivity contribution >= 4 is 11.3 Å². The largest absolute Gasteiger partial charge is 0.465 e. The van der Waals surface area contributed by atoms with Crippen molar-refractivity contribution in [3.05, 3.63) is 45.5 Å². The highest BCUT2D eigenvalue weighted by atomic mass is 32.1. The number of nitrogens with two attached hydrogens (primary N) is 1. The van der Waals surface area contributed by atoms with E-state index in [1.54, 1.807) is 11.3 Å². The van der Waals surface area contributed by atoms with E-state index < -0.39 is 0 Å². The zero-order chi connectivity index (χ0) is 13.0. The predicted molar refractivity (Wildman–Crippen MR) is 75.4 cm³/mol. The Bertz CT molecular complexity index is 476. The molecule has 98 valence electrons. The molecule has 18 heavy (non-hydrogen) atoms. The molecule has 2 aromatic rings. The SMILES string of the molecule is CCN(Cc1cc(CN)c(C)o1)Cc1cccs1. The summed E-state index contributed by atoms with van der Waals surface area (Å²) < 4.78 is 5.74. The third-order valence-corrected chi connectivity index (χ3v) is 3.94. The van der Waals surface area contributed by atoms with E-state index in [-0.39, 0.29) is 0 Å². The molecule has 0 aliphatic carbocycles. The number of aryl methyl sites for hydroxylation is 1. The third kappa shape index (κ3) is 3.22. The van der Waals surface area contributed by atoms with Crippen molar-refractivity contribution in [2.75, 3.05) is 6.54 Å². The number of rotatable bonds is 6. The number of nitrogens with zero attached hydrogens (tertiary/aromatic N) is 1. The summed E-state index contributed by atoms with van der Waals surface area (Å²) in [6.45, 7) is 7.53. The van der Waals surface area contributed by atoms with Crippen molar-refractivity contribution in [2.45, 2.75) is 33.5 Å². The van der Waals surface area contributed by atoms with E-state index in [2.05, 4.69) is 35.4 Å². The van der Waals surface area contributed by atoms with Gasteiger partial charge in [0.15, 0.2) is 0 Å². The van der Waals surface area contributed by atoms with E-state index >= 15 is 0 Å². The first kappa shape index (κ1) is 13.3. The fourth-order valence-corrected chi connectivity index (χ4v) is 2.74. The highest BCUT2D eigenvalue weighted by molar-refractivity contribution is 7.09. The summed E-state index contributed by atoms with van der Waals surface area (Å²) in [6, 6.07) is 6.34. The van der Waals surface area contributed by atoms with Crippen molar-refractivity contribution in [3.8, 4) is 0 Å². The summed E-state index contributed by atoms with van der Waals surface area (Å²) in [7, 11) is 0. The van der Waals surface area contributed by atoms with Gasteiger partial charge in [0.25, 0.3) is 0 Å². The van der Waals surface area contributed by atoms with Gasteiger partial charge in [-0.05, 0) is 31.0 Å². The molecule has 2 aromatic heterocycles. The molecular formula is C14H20N2OS. The lowest BCUT2D eigenvalue weighted by molar-refractivity contribution is 0.248. The molecule has 0 spiro atoms. The van der Waals surface area contributed by atoms with Crippen molar-refractivity contribution in [1.29, 1.82) is 0 Å². The Kier molecular flexibility index (Phi) is 4.58. The molecule has 0 aromatic carbocycles. The zero-order valence-electron chi connectivity index (χ0n) is 11.0. The van der Waals surface area contributed by atoms with Crippen LogP contribution in [0.4, 0.5) is 0 Å². The van der Waals surface area contributed by atoms with Gasteiger partial charge in [-0.1, -0.05) is 13.0 Å². The van der Waals surface area contributed by atoms with Crippen LogP contribution in [0.5, 0.6) is 0 Å². The molecule has 2 N–H and O–H groups in total. The van der Waals surface area contributed by atoms with Gasteiger partial charge < -0.3 is 10.2 Å². The van der Waals surface area contributed by atoms with Crippen LogP contribution >= 0.6 is 11.3 Å². The van der Waals surface area contributed by atoms with Gasteiger partial charge in [-0.15, -0.1) is 11.3 Å². The zero-order valence-corrected chi connectivity index (χ0v) is 11.8. The molecule has 0 aliphatic rings. The van der Waals surface area contributed by atoms with Gasteiger partial charge in [-0.25, -0.2) is 0 Å². The second kappa shape index (κ2) is 6.18. The average molecular weight is 264 g/mol. The molecule has 0 unspecified atom stereocenters. The summed E-state index contributed by atoms with van der Waals surface area (Å²) in [5, 5.41) is 2.12. The quantitative estimate of drug-likeness (QED) is 0.871. The molecule has 0 saturated heterocycles. The molecule has 4 heteroatoms. The third-order valence-electron chi connectivity index (χ3n) is 3.08. The fourth-order valence-electron chi connectivity index (χ4n) is 1.99. The highest BCUT2D eigenvalue weighted by Crippen LogP contribution is 2.18. The van der Waals surface area contributed by atoms with E-state index in [0.717, 1.165) is 36.7 Å². The Morgan fingerprint density at radius 3 is 2.78 bits per heavy atom. The number of hydrogen-bond donors (Lipinski definition) is 1. The fraction of sp³-hybridized carbons (Fsp3) is 0.429. The van der Waals surface area contributed by atoms with Crippen molar-refractivity contribution in [3.63, 3.8) is 0 Å². The van der Waals surface area contributed by atoms with Gasteiger partial charge in [-0.2, -0.15) is 0 Å². The van der Waals surface area contributed by atoms with E-state index in [4.69, 9.17) is 10.2 Å². The Labute approximate surface area is 112 Å². The minimum Gasteiger partial charge on any atom is -0.465 e.